The van der Waals surface area contributed by atoms with Crippen molar-refractivity contribution in [1.82, 2.24) is 5.32 Å². The number of methoxy groups -OCH3 is 1. The summed E-state index contributed by atoms with van der Waals surface area (Å²) in [4.78, 5) is 11.2. The first-order valence-electron chi connectivity index (χ1n) is 6.91. The molecule has 3 rings (SSSR count). The zero-order valence-corrected chi connectivity index (χ0v) is 12.0. The van der Waals surface area contributed by atoms with Gasteiger partial charge in [0.25, 0.3) is 0 Å². The molecule has 0 saturated carbocycles. The highest BCUT2D eigenvalue weighted by Gasteiger charge is 2.49. The fourth-order valence-electron chi connectivity index (χ4n) is 2.72. The fourth-order valence-corrected chi connectivity index (χ4v) is 2.72. The van der Waals surface area contributed by atoms with Gasteiger partial charge in [-0.05, 0) is 12.1 Å². The molecule has 0 spiro atoms. The highest BCUT2D eigenvalue weighted by molar-refractivity contribution is 5.72. The SMILES string of the molecule is COC1OC2COc3ccccc3OC2C(NC(N)=O)C1O. The Bertz CT molecular complexity index is 554. The Balaban J connectivity index is 1.91. The lowest BCUT2D eigenvalue weighted by atomic mass is 9.96. The molecule has 0 aromatic heterocycles. The average Bonchev–Trinajstić information content (AvgIpc) is 2.69. The van der Waals surface area contributed by atoms with Gasteiger partial charge in [0.2, 0.25) is 0 Å². The van der Waals surface area contributed by atoms with Gasteiger partial charge in [-0.2, -0.15) is 0 Å². The summed E-state index contributed by atoms with van der Waals surface area (Å²) in [6, 6.07) is 5.60. The maximum Gasteiger partial charge on any atom is 0.312 e. The third-order valence-corrected chi connectivity index (χ3v) is 3.73. The van der Waals surface area contributed by atoms with E-state index in [-0.39, 0.29) is 6.61 Å². The van der Waals surface area contributed by atoms with E-state index in [1.807, 2.05) is 6.07 Å². The van der Waals surface area contributed by atoms with Gasteiger partial charge >= 0.3 is 6.03 Å². The molecule has 2 heterocycles. The van der Waals surface area contributed by atoms with Crippen molar-refractivity contribution in [2.24, 2.45) is 5.73 Å². The van der Waals surface area contributed by atoms with E-state index in [9.17, 15) is 9.90 Å². The van der Waals surface area contributed by atoms with Gasteiger partial charge in [-0.3, -0.25) is 0 Å². The Hall–Kier alpha value is -2.03. The summed E-state index contributed by atoms with van der Waals surface area (Å²) >= 11 is 0. The van der Waals surface area contributed by atoms with Gasteiger partial charge in [0.1, 0.15) is 24.9 Å². The summed E-state index contributed by atoms with van der Waals surface area (Å²) in [5, 5.41) is 12.8. The van der Waals surface area contributed by atoms with Crippen molar-refractivity contribution in [3.63, 3.8) is 0 Å². The number of carbonyl (C=O) groups is 1. The standard InChI is InChI=1S/C14H18N2O6/c1-19-13-11(17)10(16-14(15)18)12-9(22-13)6-20-7-4-2-3-5-8(7)21-12/h2-5,9-13,17H,6H2,1H3,(H3,15,16,18). The quantitative estimate of drug-likeness (QED) is 0.685. The smallest absolute Gasteiger partial charge is 0.312 e. The minimum atomic E-state index is -1.12. The molecular weight excluding hydrogens is 292 g/mol. The Labute approximate surface area is 127 Å². The minimum absolute atomic E-state index is 0.200. The molecule has 8 heteroatoms. The van der Waals surface area contributed by atoms with Crippen LogP contribution in [-0.2, 0) is 9.47 Å². The van der Waals surface area contributed by atoms with Crippen LogP contribution in [0.1, 0.15) is 0 Å². The second-order valence-corrected chi connectivity index (χ2v) is 5.14. The average molecular weight is 310 g/mol. The molecule has 4 N–H and O–H groups in total. The van der Waals surface area contributed by atoms with Gasteiger partial charge in [0.15, 0.2) is 23.9 Å². The highest BCUT2D eigenvalue weighted by atomic mass is 16.7. The first-order chi connectivity index (χ1) is 10.6. The number of aliphatic hydroxyl groups is 1. The third kappa shape index (κ3) is 2.68. The van der Waals surface area contributed by atoms with E-state index in [0.717, 1.165) is 0 Å². The molecule has 1 aromatic carbocycles. The molecule has 0 bridgehead atoms. The minimum Gasteiger partial charge on any atom is -0.487 e. The van der Waals surface area contributed by atoms with Gasteiger partial charge in [-0.25, -0.2) is 4.79 Å². The Morgan fingerprint density at radius 1 is 1.41 bits per heavy atom. The summed E-state index contributed by atoms with van der Waals surface area (Å²) in [7, 11) is 1.41. The zero-order valence-electron chi connectivity index (χ0n) is 12.0. The van der Waals surface area contributed by atoms with Gasteiger partial charge in [-0.15, -0.1) is 0 Å². The number of amides is 2. The number of para-hydroxylation sites is 2. The molecule has 120 valence electrons. The third-order valence-electron chi connectivity index (χ3n) is 3.73. The normalized spacial score (nSPS) is 33.5. The van der Waals surface area contributed by atoms with E-state index in [1.165, 1.54) is 7.11 Å². The van der Waals surface area contributed by atoms with E-state index in [4.69, 9.17) is 24.7 Å². The summed E-state index contributed by atoms with van der Waals surface area (Å²) < 4.78 is 22.3. The van der Waals surface area contributed by atoms with Crippen LogP contribution < -0.4 is 20.5 Å². The van der Waals surface area contributed by atoms with Crippen LogP contribution >= 0.6 is 0 Å². The molecule has 2 amide bonds. The number of nitrogens with one attached hydrogen (secondary N) is 1. The number of aliphatic hydroxyl groups excluding tert-OH is 1. The second-order valence-electron chi connectivity index (χ2n) is 5.14. The molecule has 1 aromatic rings. The molecule has 5 atom stereocenters. The number of rotatable bonds is 2. The van der Waals surface area contributed by atoms with Crippen LogP contribution in [0.2, 0.25) is 0 Å². The lowest BCUT2D eigenvalue weighted by Crippen LogP contribution is -2.67. The molecule has 2 aliphatic rings. The molecular formula is C14H18N2O6. The predicted molar refractivity (Wildman–Crippen MR) is 74.5 cm³/mol. The number of urea groups is 1. The largest absolute Gasteiger partial charge is 0.487 e. The van der Waals surface area contributed by atoms with Crippen molar-refractivity contribution >= 4 is 6.03 Å². The van der Waals surface area contributed by atoms with Crippen molar-refractivity contribution in [1.29, 1.82) is 0 Å². The van der Waals surface area contributed by atoms with Crippen LogP contribution in [0.25, 0.3) is 0 Å². The van der Waals surface area contributed by atoms with Gasteiger partial charge in [0, 0.05) is 7.11 Å². The maximum absolute atomic E-state index is 11.2. The Morgan fingerprint density at radius 2 is 2.14 bits per heavy atom. The fraction of sp³-hybridized carbons (Fsp3) is 0.500. The van der Waals surface area contributed by atoms with Crippen LogP contribution in [-0.4, -0.2) is 55.5 Å². The topological polar surface area (TPSA) is 112 Å². The first-order valence-corrected chi connectivity index (χ1v) is 6.91. The molecule has 0 radical (unpaired) electrons. The second kappa shape index (κ2) is 5.99. The molecule has 0 aliphatic carbocycles. The summed E-state index contributed by atoms with van der Waals surface area (Å²) in [6.07, 6.45) is -3.22. The number of fused-ring (bicyclic) bond motifs is 2. The number of hydrogen-bond donors (Lipinski definition) is 3. The highest BCUT2D eigenvalue weighted by Crippen LogP contribution is 2.35. The molecule has 1 saturated heterocycles. The van der Waals surface area contributed by atoms with E-state index < -0.39 is 36.7 Å². The van der Waals surface area contributed by atoms with E-state index in [0.29, 0.717) is 11.5 Å². The summed E-state index contributed by atoms with van der Waals surface area (Å²) in [5.41, 5.74) is 5.20. The number of ether oxygens (including phenoxy) is 4. The van der Waals surface area contributed by atoms with Crippen LogP contribution in [0.15, 0.2) is 24.3 Å². The summed E-state index contributed by atoms with van der Waals surface area (Å²) in [5.74, 6) is 1.08. The van der Waals surface area contributed by atoms with Crippen molar-refractivity contribution in [2.45, 2.75) is 30.6 Å². The van der Waals surface area contributed by atoms with Crippen molar-refractivity contribution in [3.05, 3.63) is 24.3 Å². The van der Waals surface area contributed by atoms with E-state index >= 15 is 0 Å². The van der Waals surface area contributed by atoms with Crippen LogP contribution in [0.4, 0.5) is 4.79 Å². The van der Waals surface area contributed by atoms with Gasteiger partial charge in [0.05, 0.1) is 0 Å². The number of nitrogens with two attached hydrogens (primary N) is 1. The van der Waals surface area contributed by atoms with Crippen molar-refractivity contribution in [3.8, 4) is 11.5 Å². The number of primary amides is 1. The monoisotopic (exact) mass is 310 g/mol. The Kier molecular flexibility index (Phi) is 4.06. The molecule has 22 heavy (non-hydrogen) atoms. The number of hydrogen-bond acceptors (Lipinski definition) is 6. The van der Waals surface area contributed by atoms with E-state index in [1.54, 1.807) is 18.2 Å². The first kappa shape index (κ1) is 14.9. The van der Waals surface area contributed by atoms with Crippen LogP contribution in [0, 0.1) is 0 Å². The van der Waals surface area contributed by atoms with Crippen LogP contribution in [0.5, 0.6) is 11.5 Å². The number of benzene rings is 1. The van der Waals surface area contributed by atoms with Crippen LogP contribution in [0.3, 0.4) is 0 Å². The zero-order chi connectivity index (χ0) is 15.7. The maximum atomic E-state index is 11.2. The predicted octanol–water partition coefficient (Wildman–Crippen LogP) is -0.404. The van der Waals surface area contributed by atoms with Gasteiger partial charge in [-0.1, -0.05) is 12.1 Å². The van der Waals surface area contributed by atoms with Gasteiger partial charge < -0.3 is 35.1 Å². The molecule has 8 nitrogen and oxygen atoms in total. The van der Waals surface area contributed by atoms with Crippen molar-refractivity contribution < 1.29 is 28.8 Å². The lowest BCUT2D eigenvalue weighted by molar-refractivity contribution is -0.262. The lowest BCUT2D eigenvalue weighted by Gasteiger charge is -2.42. The number of carbonyl (C=O) groups excluding carboxylic acids is 1. The molecule has 5 unspecified atom stereocenters. The molecule has 1 fully saturated rings. The summed E-state index contributed by atoms with van der Waals surface area (Å²) in [6.45, 7) is 0.200. The Morgan fingerprint density at radius 3 is 2.82 bits per heavy atom. The molecule has 2 aliphatic heterocycles. The van der Waals surface area contributed by atoms with E-state index in [2.05, 4.69) is 5.32 Å². The van der Waals surface area contributed by atoms with Crippen molar-refractivity contribution in [2.75, 3.05) is 13.7 Å².